The Morgan fingerprint density at radius 3 is 2.05 bits per heavy atom. The van der Waals surface area contributed by atoms with Gasteiger partial charge >= 0.3 is 204 Å². The number of carbonyl (C=O) groups is 6. The van der Waals surface area contributed by atoms with Crippen molar-refractivity contribution in [1.82, 2.24) is 44.6 Å². The van der Waals surface area contributed by atoms with E-state index in [-0.39, 0.29) is 43.8 Å². The number of likely N-dealkylation sites (tertiary alicyclic amines) is 1. The van der Waals surface area contributed by atoms with Gasteiger partial charge in [0, 0.05) is 31.0 Å². The van der Waals surface area contributed by atoms with Gasteiger partial charge in [-0.15, -0.1) is 0 Å². The van der Waals surface area contributed by atoms with Crippen LogP contribution < -0.4 is 15.9 Å². The van der Waals surface area contributed by atoms with Gasteiger partial charge in [-0.2, -0.15) is 5.26 Å². The zero-order chi connectivity index (χ0) is 44.5. The average Bonchev–Trinajstić information content (AvgIpc) is 3.56. The number of ether oxygens (including phenoxy) is 1. The molecule has 1 N–H and O–H groups in total. The first kappa shape index (κ1) is 46.7. The maximum absolute atomic E-state index is 13.8. The third-order valence-electron chi connectivity index (χ3n) is 12.0. The Morgan fingerprint density at radius 1 is 0.857 bits per heavy atom. The number of carbonyl (C=O) groups excluding carboxylic acids is 6. The Hall–Kier alpha value is -4.31. The van der Waals surface area contributed by atoms with Crippen LogP contribution in [-0.2, 0) is 37.3 Å². The van der Waals surface area contributed by atoms with Crippen molar-refractivity contribution in [3.05, 3.63) is 28.4 Å². The van der Waals surface area contributed by atoms with Gasteiger partial charge in [0.05, 0.1) is 36.2 Å². The number of aromatic nitrogens is 1. The van der Waals surface area contributed by atoms with E-state index in [4.69, 9.17) is 13.3 Å². The van der Waals surface area contributed by atoms with Crippen LogP contribution in [0.15, 0.2) is 12.3 Å². The monoisotopic (exact) mass is 986 g/mol. The summed E-state index contributed by atoms with van der Waals surface area (Å²) in [5, 5.41) is 12.9. The van der Waals surface area contributed by atoms with Crippen molar-refractivity contribution in [3.8, 4) is 6.07 Å². The number of nitriles is 1. The van der Waals surface area contributed by atoms with Gasteiger partial charge in [0.25, 0.3) is 11.8 Å². The van der Waals surface area contributed by atoms with E-state index < -0.39 is 83.9 Å². The normalized spacial score (nSPS) is 27.1. The minimum absolute atomic E-state index is 0.00939. The van der Waals surface area contributed by atoms with Crippen LogP contribution in [0.3, 0.4) is 0 Å². The summed E-state index contributed by atoms with van der Waals surface area (Å²) in [6.07, 6.45) is 5.42. The minimum Gasteiger partial charge on any atom is -0.0552 e. The van der Waals surface area contributed by atoms with Gasteiger partial charge in [-0.3, -0.25) is 19.5 Å². The second-order valence-corrected chi connectivity index (χ2v) is 20.2. The summed E-state index contributed by atoms with van der Waals surface area (Å²) in [6.45, 7) is 6.54. The Balaban J connectivity index is 0.859. The van der Waals surface area contributed by atoms with Crippen molar-refractivity contribution in [1.29, 1.82) is 5.26 Å². The predicted molar refractivity (Wildman–Crippen MR) is 217 cm³/mol. The number of piperazine rings is 1. The van der Waals surface area contributed by atoms with Crippen LogP contribution in [0.25, 0.3) is 12.2 Å². The smallest absolute Gasteiger partial charge is 0.0552 e. The Morgan fingerprint density at radius 2 is 1.44 bits per heavy atom. The number of halogens is 2. The van der Waals surface area contributed by atoms with Crippen LogP contribution in [0.4, 0.5) is 8.78 Å². The quantitative estimate of drug-likeness (QED) is 0.224. The van der Waals surface area contributed by atoms with Gasteiger partial charge in [-0.1, -0.05) is 6.08 Å². The molecule has 0 radical (unpaired) electrons. The van der Waals surface area contributed by atoms with Gasteiger partial charge in [0.15, 0.2) is 0 Å². The van der Waals surface area contributed by atoms with Crippen molar-refractivity contribution in [3.63, 3.8) is 0 Å². The van der Waals surface area contributed by atoms with Crippen molar-refractivity contribution in [2.24, 2.45) is 0 Å². The molecule has 1 aromatic rings. The van der Waals surface area contributed by atoms with Gasteiger partial charge in [-0.05, 0) is 25.0 Å². The van der Waals surface area contributed by atoms with E-state index in [9.17, 15) is 42.8 Å². The molecule has 6 aliphatic rings. The van der Waals surface area contributed by atoms with Crippen LogP contribution >= 0.6 is 0 Å². The molecule has 63 heavy (non-hydrogen) atoms. The zero-order valence-electron chi connectivity index (χ0n) is 35.2. The van der Waals surface area contributed by atoms with E-state index in [0.29, 0.717) is 102 Å². The summed E-state index contributed by atoms with van der Waals surface area (Å²) in [5.41, 5.74) is 0.266. The van der Waals surface area contributed by atoms with Crippen LogP contribution in [-0.4, -0.2) is 247 Å². The molecule has 5 aliphatic heterocycles. The summed E-state index contributed by atoms with van der Waals surface area (Å²) < 4.78 is 50.2. The molecule has 3 unspecified atom stereocenters. The summed E-state index contributed by atoms with van der Waals surface area (Å²) in [7, 11) is 0. The van der Waals surface area contributed by atoms with E-state index >= 15 is 0 Å². The van der Waals surface area contributed by atoms with Gasteiger partial charge in [0.1, 0.15) is 6.04 Å². The molecule has 7 rings (SSSR count). The molecule has 0 aromatic carbocycles. The predicted octanol–water partition coefficient (Wildman–Crippen LogP) is -3.68. The van der Waals surface area contributed by atoms with E-state index in [1.54, 1.807) is 6.07 Å². The first-order valence-electron chi connectivity index (χ1n) is 21.4. The first-order chi connectivity index (χ1) is 30.3. The summed E-state index contributed by atoms with van der Waals surface area (Å²) in [4.78, 5) is 95.1. The standard InChI is InChI=1S/C40H56F2N10O10.In/c41-40(42)21-29(22-43)52(28-40)34(53)23-45-39(61)31-4-5-44-33-3-2-30(20-32(31)33)62-19-1-6-46-15-17-51(18-16-46)35(54)24-47-7-9-48(25-36(55)56)11-13-50(27-38(59)60)14-12-49(10-8-47)26-37(57)58;/h3-5,20,29-30H,1-2,6-19,21,23-28H2,(H,45,61)(H,55,56)(H,57,58)(H,59,60);/q;+3/p-3/t29-,30?;/m0./s1. The van der Waals surface area contributed by atoms with E-state index in [1.807, 2.05) is 31.8 Å². The molecule has 1 aromatic heterocycles. The molecular formula is C40H53F2InN10O10. The van der Waals surface area contributed by atoms with E-state index in [1.165, 1.54) is 12.3 Å². The van der Waals surface area contributed by atoms with Crippen LogP contribution in [0.5, 0.6) is 0 Å². The average molecular weight is 987 g/mol. The number of alkyl halides is 2. The number of fused-ring (bicyclic) bond motifs is 8. The van der Waals surface area contributed by atoms with Crippen molar-refractivity contribution < 1.29 is 50.8 Å². The third-order valence-corrected chi connectivity index (χ3v) is 15.9. The van der Waals surface area contributed by atoms with Crippen LogP contribution in [0.2, 0.25) is 0 Å². The van der Waals surface area contributed by atoms with E-state index in [0.717, 1.165) is 17.9 Å². The molecule has 23 heteroatoms. The maximum atomic E-state index is 13.8. The number of nitrogens with zero attached hydrogens (tertiary/aromatic N) is 9. The molecule has 5 saturated heterocycles. The number of rotatable bonds is 10. The number of pyridine rings is 1. The molecule has 6 heterocycles. The first-order valence-corrected chi connectivity index (χ1v) is 25.5. The Kier molecular flexibility index (Phi) is 16.0. The fraction of sp³-hybridized carbons (Fsp3) is 0.650. The van der Waals surface area contributed by atoms with Gasteiger partial charge < -0.3 is 15.0 Å². The number of hydrogen-bond acceptors (Lipinski definition) is 17. The van der Waals surface area contributed by atoms with Gasteiger partial charge in [-0.25, -0.2) is 8.78 Å². The molecule has 20 nitrogen and oxygen atoms in total. The number of hydrogen-bond donors (Lipinski definition) is 1. The summed E-state index contributed by atoms with van der Waals surface area (Å²) in [5.74, 6) is -6.24. The fourth-order valence-corrected chi connectivity index (χ4v) is 11.4. The minimum atomic E-state index is -4.21. The second-order valence-electron chi connectivity index (χ2n) is 16.5. The number of nitrogens with one attached hydrogen (secondary N) is 1. The molecule has 3 amide bonds. The van der Waals surface area contributed by atoms with Crippen molar-refractivity contribution in [2.75, 3.05) is 131 Å². The molecule has 4 atom stereocenters. The van der Waals surface area contributed by atoms with E-state index in [2.05, 4.69) is 20.1 Å². The second kappa shape index (κ2) is 21.6. The molecule has 0 saturated carbocycles. The molecular weight excluding hydrogens is 933 g/mol. The van der Waals surface area contributed by atoms with Crippen LogP contribution in [0.1, 0.15) is 29.6 Å². The fourth-order valence-electron chi connectivity index (χ4n) is 8.47. The molecule has 1 aliphatic carbocycles. The molecule has 340 valence electrons. The van der Waals surface area contributed by atoms with Crippen molar-refractivity contribution >= 4 is 70.5 Å². The summed E-state index contributed by atoms with van der Waals surface area (Å²) >= 11 is -4.21. The topological polar surface area (TPSA) is 211 Å². The zero-order valence-corrected chi connectivity index (χ0v) is 38.5. The molecule has 0 spiro atoms. The number of amides is 3. The molecule has 5 fully saturated rings. The van der Waals surface area contributed by atoms with Crippen LogP contribution in [0, 0.1) is 11.3 Å². The van der Waals surface area contributed by atoms with Crippen molar-refractivity contribution in [2.45, 2.75) is 37.3 Å². The Bertz CT molecular complexity index is 2020. The third kappa shape index (κ3) is 13.1. The molecule has 4 bridgehead atoms. The van der Waals surface area contributed by atoms with Gasteiger partial charge in [0.2, 0.25) is 5.91 Å². The summed E-state index contributed by atoms with van der Waals surface area (Å²) in [6, 6.07) is 2.00. The SMILES string of the molecule is N#C[C@@H]1CC(F)(F)CN1C(=O)CNC(=O)c1ccnc2c1=CC(OCCCN1CCN(C(=O)CN3CCN4CCN5CCN(CC3)CC(=O)[O][In]([O]C(=O)C5)[O]C(=O)C4)CC1)CC=2. The Labute approximate surface area is 372 Å².